The number of halogens is 2. The molecule has 7 heteroatoms. The van der Waals surface area contributed by atoms with Crippen LogP contribution in [0.15, 0.2) is 30.3 Å². The summed E-state index contributed by atoms with van der Waals surface area (Å²) in [5.41, 5.74) is 1.30. The number of benzene rings is 1. The van der Waals surface area contributed by atoms with Gasteiger partial charge in [-0.25, -0.2) is 8.78 Å². The van der Waals surface area contributed by atoms with Crippen molar-refractivity contribution in [2.75, 3.05) is 26.2 Å². The van der Waals surface area contributed by atoms with E-state index in [0.717, 1.165) is 24.5 Å². The minimum Gasteiger partial charge on any atom is -0.319 e. The number of hydrogen-bond acceptors (Lipinski definition) is 4. The Hall–Kier alpha value is -2.04. The first kappa shape index (κ1) is 17.4. The van der Waals surface area contributed by atoms with E-state index in [9.17, 15) is 13.6 Å². The number of carbonyl (C=O) groups excluding carboxylic acids is 1. The molecule has 1 aromatic rings. The molecule has 3 aliphatic rings. The number of hydrogen-bond donors (Lipinski definition) is 1. The third-order valence-electron chi connectivity index (χ3n) is 5.75. The molecule has 26 heavy (non-hydrogen) atoms. The summed E-state index contributed by atoms with van der Waals surface area (Å²) in [5.74, 6) is -2.30. The second-order valence-corrected chi connectivity index (χ2v) is 7.64. The van der Waals surface area contributed by atoms with Crippen LogP contribution in [-0.2, 0) is 11.3 Å². The van der Waals surface area contributed by atoms with E-state index in [4.69, 9.17) is 5.26 Å². The Bertz CT molecular complexity index is 708. The van der Waals surface area contributed by atoms with Gasteiger partial charge in [0, 0.05) is 32.1 Å². The fraction of sp³-hybridized carbons (Fsp3) is 0.579. The van der Waals surface area contributed by atoms with Gasteiger partial charge in [-0.1, -0.05) is 30.3 Å². The van der Waals surface area contributed by atoms with Gasteiger partial charge < -0.3 is 10.2 Å². The third-order valence-corrected chi connectivity index (χ3v) is 5.75. The van der Waals surface area contributed by atoms with Gasteiger partial charge in [-0.2, -0.15) is 5.26 Å². The van der Waals surface area contributed by atoms with Crippen molar-refractivity contribution in [2.24, 2.45) is 11.8 Å². The fourth-order valence-corrected chi connectivity index (χ4v) is 4.39. The zero-order chi connectivity index (χ0) is 18.3. The number of fused-ring (bicyclic) bond motifs is 1. The summed E-state index contributed by atoms with van der Waals surface area (Å²) >= 11 is 0. The lowest BCUT2D eigenvalue weighted by Gasteiger charge is -2.21. The molecule has 1 amide bonds. The number of likely N-dealkylation sites (tertiary alicyclic amines) is 2. The quantitative estimate of drug-likeness (QED) is 0.864. The van der Waals surface area contributed by atoms with Crippen molar-refractivity contribution in [2.45, 2.75) is 31.0 Å². The Morgan fingerprint density at radius 1 is 1.27 bits per heavy atom. The molecule has 0 radical (unpaired) electrons. The summed E-state index contributed by atoms with van der Waals surface area (Å²) < 4.78 is 26.9. The Morgan fingerprint density at radius 2 is 1.96 bits per heavy atom. The minimum atomic E-state index is -2.95. The highest BCUT2D eigenvalue weighted by atomic mass is 19.3. The summed E-state index contributed by atoms with van der Waals surface area (Å²) in [6.45, 7) is 2.31. The van der Waals surface area contributed by atoms with Gasteiger partial charge in [0.2, 0.25) is 5.91 Å². The second kappa shape index (κ2) is 6.60. The first-order valence-corrected chi connectivity index (χ1v) is 9.03. The summed E-state index contributed by atoms with van der Waals surface area (Å²) in [7, 11) is 0. The van der Waals surface area contributed by atoms with Crippen molar-refractivity contribution in [1.29, 1.82) is 5.26 Å². The molecule has 5 nitrogen and oxygen atoms in total. The van der Waals surface area contributed by atoms with Crippen molar-refractivity contribution in [3.63, 3.8) is 0 Å². The van der Waals surface area contributed by atoms with Crippen molar-refractivity contribution in [3.05, 3.63) is 35.9 Å². The highest BCUT2D eigenvalue weighted by Gasteiger charge is 2.55. The molecular formula is C19H22F2N4O. The molecule has 138 valence electrons. The van der Waals surface area contributed by atoms with Crippen LogP contribution in [0.3, 0.4) is 0 Å². The van der Waals surface area contributed by atoms with E-state index in [2.05, 4.69) is 22.3 Å². The lowest BCUT2D eigenvalue weighted by Crippen LogP contribution is -2.43. The van der Waals surface area contributed by atoms with E-state index >= 15 is 0 Å². The maximum absolute atomic E-state index is 13.4. The van der Waals surface area contributed by atoms with Gasteiger partial charge >= 0.3 is 0 Å². The van der Waals surface area contributed by atoms with Crippen LogP contribution in [0.1, 0.15) is 12.0 Å². The van der Waals surface area contributed by atoms with Gasteiger partial charge in [0.15, 0.2) is 0 Å². The van der Waals surface area contributed by atoms with E-state index < -0.39 is 30.8 Å². The van der Waals surface area contributed by atoms with E-state index in [1.54, 1.807) is 0 Å². The lowest BCUT2D eigenvalue weighted by atomic mass is 10.2. The van der Waals surface area contributed by atoms with Crippen LogP contribution in [0.25, 0.3) is 0 Å². The molecule has 3 fully saturated rings. The second-order valence-electron chi connectivity index (χ2n) is 7.64. The van der Waals surface area contributed by atoms with Crippen LogP contribution in [0.5, 0.6) is 0 Å². The topological polar surface area (TPSA) is 59.4 Å². The first-order valence-electron chi connectivity index (χ1n) is 9.03. The number of amides is 1. The number of alkyl halides is 2. The maximum Gasteiger partial charge on any atom is 0.268 e. The minimum absolute atomic E-state index is 0.0324. The Morgan fingerprint density at radius 3 is 2.62 bits per heavy atom. The van der Waals surface area contributed by atoms with Gasteiger partial charge in [0.05, 0.1) is 19.2 Å². The van der Waals surface area contributed by atoms with Gasteiger partial charge in [-0.15, -0.1) is 0 Å². The van der Waals surface area contributed by atoms with Crippen LogP contribution in [-0.4, -0.2) is 59.9 Å². The van der Waals surface area contributed by atoms with Crippen LogP contribution < -0.4 is 5.32 Å². The highest BCUT2D eigenvalue weighted by molar-refractivity contribution is 5.79. The molecule has 2 heterocycles. The average molecular weight is 360 g/mol. The smallest absolute Gasteiger partial charge is 0.268 e. The monoisotopic (exact) mass is 360 g/mol. The normalized spacial score (nSPS) is 32.3. The Kier molecular flexibility index (Phi) is 4.41. The number of piperidine rings is 1. The van der Waals surface area contributed by atoms with E-state index in [1.807, 2.05) is 24.3 Å². The molecule has 4 rings (SSSR count). The molecule has 1 N–H and O–H groups in total. The molecule has 1 aliphatic carbocycles. The number of carbonyl (C=O) groups is 1. The van der Waals surface area contributed by atoms with Crippen molar-refractivity contribution in [1.82, 2.24) is 15.1 Å². The number of rotatable bonds is 5. The fourth-order valence-electron chi connectivity index (χ4n) is 4.39. The molecule has 3 atom stereocenters. The third kappa shape index (κ3) is 3.44. The maximum atomic E-state index is 13.4. The molecule has 3 unspecified atom stereocenters. The largest absolute Gasteiger partial charge is 0.319 e. The molecule has 2 aliphatic heterocycles. The summed E-state index contributed by atoms with van der Waals surface area (Å²) in [6.07, 6.45) is -0.557. The van der Waals surface area contributed by atoms with E-state index in [0.29, 0.717) is 11.8 Å². The number of nitrogens with one attached hydrogen (secondary N) is 1. The van der Waals surface area contributed by atoms with Crippen molar-refractivity contribution < 1.29 is 13.6 Å². The van der Waals surface area contributed by atoms with Gasteiger partial charge in [-0.05, 0) is 17.4 Å². The average Bonchev–Trinajstić information content (AvgIpc) is 2.93. The van der Waals surface area contributed by atoms with Crippen LogP contribution in [0, 0.1) is 23.2 Å². The summed E-state index contributed by atoms with van der Waals surface area (Å²) in [4.78, 5) is 15.7. The first-order chi connectivity index (χ1) is 12.5. The lowest BCUT2D eigenvalue weighted by molar-refractivity contribution is -0.131. The number of nitrogens with zero attached hydrogens (tertiary/aromatic N) is 3. The van der Waals surface area contributed by atoms with Gasteiger partial charge in [-0.3, -0.25) is 9.69 Å². The molecule has 1 aromatic carbocycles. The highest BCUT2D eigenvalue weighted by Crippen LogP contribution is 2.45. The van der Waals surface area contributed by atoms with Gasteiger partial charge in [0.25, 0.3) is 5.92 Å². The number of nitriles is 1. The zero-order valence-electron chi connectivity index (χ0n) is 14.4. The molecule has 0 bridgehead atoms. The molecule has 1 saturated carbocycles. The Balaban J connectivity index is 1.22. The van der Waals surface area contributed by atoms with E-state index in [-0.39, 0.29) is 12.6 Å². The Labute approximate surface area is 151 Å². The van der Waals surface area contributed by atoms with Crippen LogP contribution >= 0.6 is 0 Å². The zero-order valence-corrected chi connectivity index (χ0v) is 14.4. The molecule has 0 aromatic heterocycles. The van der Waals surface area contributed by atoms with Crippen molar-refractivity contribution in [3.8, 4) is 6.07 Å². The molecule has 0 spiro atoms. The van der Waals surface area contributed by atoms with E-state index in [1.165, 1.54) is 5.56 Å². The van der Waals surface area contributed by atoms with Crippen molar-refractivity contribution >= 4 is 5.91 Å². The van der Waals surface area contributed by atoms with Crippen LogP contribution in [0.4, 0.5) is 8.78 Å². The predicted molar refractivity (Wildman–Crippen MR) is 91.2 cm³/mol. The predicted octanol–water partition coefficient (Wildman–Crippen LogP) is 1.47. The summed E-state index contributed by atoms with van der Waals surface area (Å²) in [6, 6.07) is 11.4. The SMILES string of the molecule is N#CC1CC(F)(F)CN1C(=O)CNC1C2CN(Cc3ccccc3)CC21. The molecule has 2 saturated heterocycles. The van der Waals surface area contributed by atoms with Gasteiger partial charge in [0.1, 0.15) is 6.04 Å². The summed E-state index contributed by atoms with van der Waals surface area (Å²) in [5, 5.41) is 12.2. The molecular weight excluding hydrogens is 338 g/mol. The standard InChI is InChI=1S/C19H22F2N4O/c20-19(21)6-14(7-22)25(12-19)17(26)8-23-18-15-10-24(11-16(15)18)9-13-4-2-1-3-5-13/h1-5,14-16,18,23H,6,8-12H2. The van der Waals surface area contributed by atoms with Crippen LogP contribution in [0.2, 0.25) is 0 Å².